The molecule has 0 spiro atoms. The van der Waals surface area contributed by atoms with Crippen LogP contribution in [0.3, 0.4) is 0 Å². The number of rotatable bonds is 5. The Balaban J connectivity index is 1.54. The molecule has 6 rings (SSSR count). The normalized spacial score (nSPS) is 14.0. The first-order valence-corrected chi connectivity index (χ1v) is 11.3. The Bertz CT molecular complexity index is 1670. The molecular weight excluding hydrogens is 473 g/mol. The van der Waals surface area contributed by atoms with Crippen molar-refractivity contribution in [3.8, 4) is 22.8 Å². The molecular formula is C25H19F3N6O2. The van der Waals surface area contributed by atoms with Gasteiger partial charge in [0.15, 0.2) is 12.3 Å². The van der Waals surface area contributed by atoms with Crippen molar-refractivity contribution in [2.24, 2.45) is 7.05 Å². The lowest BCUT2D eigenvalue weighted by Crippen LogP contribution is -2.24. The summed E-state index contributed by atoms with van der Waals surface area (Å²) in [6, 6.07) is 11.8. The molecule has 0 amide bonds. The lowest BCUT2D eigenvalue weighted by Gasteiger charge is -2.14. The van der Waals surface area contributed by atoms with Gasteiger partial charge in [-0.2, -0.15) is 23.3 Å². The van der Waals surface area contributed by atoms with E-state index in [9.17, 15) is 18.0 Å². The van der Waals surface area contributed by atoms with Gasteiger partial charge in [0.05, 0.1) is 17.4 Å². The smallest absolute Gasteiger partial charge is 0.422 e. The van der Waals surface area contributed by atoms with E-state index in [1.165, 1.54) is 16.7 Å². The third-order valence-corrected chi connectivity index (χ3v) is 5.98. The highest BCUT2D eigenvalue weighted by molar-refractivity contribution is 5.85. The summed E-state index contributed by atoms with van der Waals surface area (Å²) in [4.78, 5) is 27.0. The van der Waals surface area contributed by atoms with Crippen molar-refractivity contribution in [3.05, 3.63) is 70.9 Å². The molecule has 182 valence electrons. The van der Waals surface area contributed by atoms with Gasteiger partial charge in [0.1, 0.15) is 11.2 Å². The van der Waals surface area contributed by atoms with Gasteiger partial charge >= 0.3 is 6.18 Å². The molecule has 8 nitrogen and oxygen atoms in total. The molecule has 36 heavy (non-hydrogen) atoms. The molecule has 11 heteroatoms. The molecule has 5 aromatic rings. The SMILES string of the molecule is Cn1cc2cc(-c3nc4ccc(OCC(F)(F)F)nc4n(-c4ccc(C5CC5)nc4)c3=O)ccc2n1. The Morgan fingerprint density at radius 3 is 2.58 bits per heavy atom. The maximum Gasteiger partial charge on any atom is 0.422 e. The van der Waals surface area contributed by atoms with E-state index in [1.807, 2.05) is 25.4 Å². The zero-order valence-electron chi connectivity index (χ0n) is 19.0. The van der Waals surface area contributed by atoms with Crippen LogP contribution in [0, 0.1) is 0 Å². The number of hydrogen-bond donors (Lipinski definition) is 0. The second-order valence-electron chi connectivity index (χ2n) is 8.79. The molecule has 4 heterocycles. The van der Waals surface area contributed by atoms with Crippen LogP contribution in [0.25, 0.3) is 39.0 Å². The second kappa shape index (κ2) is 8.14. The quantitative estimate of drug-likeness (QED) is 0.358. The van der Waals surface area contributed by atoms with Gasteiger partial charge in [-0.05, 0) is 43.2 Å². The first-order valence-electron chi connectivity index (χ1n) is 11.3. The number of nitrogens with zero attached hydrogens (tertiary/aromatic N) is 6. The fourth-order valence-electron chi connectivity index (χ4n) is 4.16. The number of ether oxygens (including phenoxy) is 1. The van der Waals surface area contributed by atoms with E-state index in [-0.39, 0.29) is 17.2 Å². The molecule has 0 unspecified atom stereocenters. The second-order valence-corrected chi connectivity index (χ2v) is 8.79. The molecule has 0 aliphatic heterocycles. The zero-order chi connectivity index (χ0) is 25.0. The Labute approximate surface area is 202 Å². The van der Waals surface area contributed by atoms with Gasteiger partial charge in [0.25, 0.3) is 5.56 Å². The number of benzene rings is 1. The summed E-state index contributed by atoms with van der Waals surface area (Å²) in [6.45, 7) is -1.50. The van der Waals surface area contributed by atoms with E-state index in [1.54, 1.807) is 29.1 Å². The van der Waals surface area contributed by atoms with Crippen LogP contribution in [0.2, 0.25) is 0 Å². The summed E-state index contributed by atoms with van der Waals surface area (Å²) >= 11 is 0. The average molecular weight is 492 g/mol. The van der Waals surface area contributed by atoms with Crippen LogP contribution >= 0.6 is 0 Å². The number of pyridine rings is 2. The first-order chi connectivity index (χ1) is 17.2. The lowest BCUT2D eigenvalue weighted by atomic mass is 10.1. The number of halogens is 3. The lowest BCUT2D eigenvalue weighted by molar-refractivity contribution is -0.154. The van der Waals surface area contributed by atoms with Gasteiger partial charge in [-0.3, -0.25) is 19.0 Å². The molecule has 1 aliphatic carbocycles. The predicted molar refractivity (Wildman–Crippen MR) is 126 cm³/mol. The third-order valence-electron chi connectivity index (χ3n) is 5.98. The molecule has 0 N–H and O–H groups in total. The molecule has 0 bridgehead atoms. The van der Waals surface area contributed by atoms with E-state index < -0.39 is 18.3 Å². The topological polar surface area (TPSA) is 87.7 Å². The molecule has 1 aromatic carbocycles. The van der Waals surface area contributed by atoms with Crippen LogP contribution < -0.4 is 10.3 Å². The summed E-state index contributed by atoms with van der Waals surface area (Å²) < 4.78 is 45.9. The van der Waals surface area contributed by atoms with Gasteiger partial charge in [0, 0.05) is 41.9 Å². The van der Waals surface area contributed by atoms with Gasteiger partial charge < -0.3 is 4.74 Å². The van der Waals surface area contributed by atoms with Crippen LogP contribution in [-0.2, 0) is 7.05 Å². The van der Waals surface area contributed by atoms with Crippen LogP contribution in [0.15, 0.2) is 59.7 Å². The number of hydrogen-bond acceptors (Lipinski definition) is 6. The minimum absolute atomic E-state index is 0.0758. The van der Waals surface area contributed by atoms with Gasteiger partial charge in [-0.15, -0.1) is 0 Å². The highest BCUT2D eigenvalue weighted by Gasteiger charge is 2.29. The van der Waals surface area contributed by atoms with Crippen LogP contribution in [0.1, 0.15) is 24.5 Å². The third kappa shape index (κ3) is 4.16. The molecule has 1 fully saturated rings. The Morgan fingerprint density at radius 1 is 1.06 bits per heavy atom. The first kappa shape index (κ1) is 22.2. The van der Waals surface area contributed by atoms with Crippen molar-refractivity contribution in [1.29, 1.82) is 0 Å². The number of aryl methyl sites for hydroxylation is 1. The molecule has 1 saturated carbocycles. The standard InChI is InChI=1S/C25H19F3N6O2/c1-33-12-16-10-15(4-6-19(16)32-33)22-24(35)34(17-5-7-18(29-11-17)14-2-3-14)23-20(30-22)8-9-21(31-23)36-13-25(26,27)28/h4-12,14H,2-3,13H2,1H3. The van der Waals surface area contributed by atoms with Gasteiger partial charge in [-0.25, -0.2) is 4.98 Å². The average Bonchev–Trinajstić information content (AvgIpc) is 3.62. The molecule has 0 saturated heterocycles. The Morgan fingerprint density at radius 2 is 1.86 bits per heavy atom. The molecule has 0 atom stereocenters. The summed E-state index contributed by atoms with van der Waals surface area (Å²) in [5, 5.41) is 5.20. The minimum Gasteiger partial charge on any atom is -0.468 e. The van der Waals surface area contributed by atoms with Crippen molar-refractivity contribution >= 4 is 22.1 Å². The van der Waals surface area contributed by atoms with Gasteiger partial charge in [0.2, 0.25) is 5.88 Å². The fourth-order valence-corrected chi connectivity index (χ4v) is 4.16. The van der Waals surface area contributed by atoms with Crippen LogP contribution in [0.5, 0.6) is 5.88 Å². The number of alkyl halides is 3. The monoisotopic (exact) mass is 492 g/mol. The van der Waals surface area contributed by atoms with Crippen molar-refractivity contribution in [1.82, 2.24) is 29.3 Å². The Hall–Kier alpha value is -4.28. The predicted octanol–water partition coefficient (Wildman–Crippen LogP) is 4.55. The zero-order valence-corrected chi connectivity index (χ0v) is 19.0. The fraction of sp³-hybridized carbons (Fsp3) is 0.240. The minimum atomic E-state index is -4.52. The molecule has 1 aliphatic rings. The molecule has 0 radical (unpaired) electrons. The van der Waals surface area contributed by atoms with E-state index in [2.05, 4.69) is 20.1 Å². The van der Waals surface area contributed by atoms with Crippen molar-refractivity contribution in [2.75, 3.05) is 6.61 Å². The van der Waals surface area contributed by atoms with Gasteiger partial charge in [-0.1, -0.05) is 6.07 Å². The largest absolute Gasteiger partial charge is 0.468 e. The van der Waals surface area contributed by atoms with Crippen LogP contribution in [0.4, 0.5) is 13.2 Å². The van der Waals surface area contributed by atoms with E-state index in [0.29, 0.717) is 22.7 Å². The summed E-state index contributed by atoms with van der Waals surface area (Å²) in [5.74, 6) is 0.161. The summed E-state index contributed by atoms with van der Waals surface area (Å²) in [6.07, 6.45) is 1.05. The van der Waals surface area contributed by atoms with E-state index in [4.69, 9.17) is 4.74 Å². The summed E-state index contributed by atoms with van der Waals surface area (Å²) in [5.41, 5.74) is 2.81. The summed E-state index contributed by atoms with van der Waals surface area (Å²) in [7, 11) is 1.81. The van der Waals surface area contributed by atoms with E-state index in [0.717, 1.165) is 29.4 Å². The highest BCUT2D eigenvalue weighted by Crippen LogP contribution is 2.39. The highest BCUT2D eigenvalue weighted by atomic mass is 19.4. The van der Waals surface area contributed by atoms with Crippen molar-refractivity contribution < 1.29 is 17.9 Å². The number of aromatic nitrogens is 6. The van der Waals surface area contributed by atoms with Crippen molar-refractivity contribution in [2.45, 2.75) is 24.9 Å². The Kier molecular flexibility index (Phi) is 5.02. The molecule has 4 aromatic heterocycles. The number of fused-ring (bicyclic) bond motifs is 2. The maximum absolute atomic E-state index is 13.8. The van der Waals surface area contributed by atoms with E-state index >= 15 is 0 Å². The maximum atomic E-state index is 13.8. The van der Waals surface area contributed by atoms with Crippen molar-refractivity contribution in [3.63, 3.8) is 0 Å². The van der Waals surface area contributed by atoms with Crippen LogP contribution in [-0.4, -0.2) is 42.1 Å².